The van der Waals surface area contributed by atoms with Crippen LogP contribution in [0.5, 0.6) is 0 Å². The van der Waals surface area contributed by atoms with E-state index in [9.17, 15) is 4.79 Å². The molecule has 2 aromatic carbocycles. The molecular weight excluding hydrogens is 379 g/mol. The van der Waals surface area contributed by atoms with E-state index in [1.165, 1.54) is 5.56 Å². The van der Waals surface area contributed by atoms with E-state index in [0.29, 0.717) is 10.0 Å². The molecule has 1 atom stereocenters. The van der Waals surface area contributed by atoms with Crippen LogP contribution in [0.3, 0.4) is 0 Å². The van der Waals surface area contributed by atoms with Gasteiger partial charge in [0.25, 0.3) is 0 Å². The lowest BCUT2D eigenvalue weighted by Crippen LogP contribution is -2.40. The van der Waals surface area contributed by atoms with Crippen molar-refractivity contribution < 1.29 is 4.79 Å². The highest BCUT2D eigenvalue weighted by molar-refractivity contribution is 6.35. The molecule has 0 aromatic heterocycles. The zero-order valence-electron chi connectivity index (χ0n) is 16.1. The lowest BCUT2D eigenvalue weighted by Gasteiger charge is -2.32. The maximum Gasteiger partial charge on any atom is 0.228 e. The first-order valence-electron chi connectivity index (χ1n) is 9.38. The van der Waals surface area contributed by atoms with Gasteiger partial charge in [0.1, 0.15) is 0 Å². The number of hydrogen-bond donors (Lipinski definition) is 1. The van der Waals surface area contributed by atoms with Gasteiger partial charge in [0.05, 0.1) is 5.92 Å². The number of anilines is 1. The van der Waals surface area contributed by atoms with Crippen LogP contribution in [0.4, 0.5) is 5.69 Å². The first-order valence-corrected chi connectivity index (χ1v) is 10.1. The summed E-state index contributed by atoms with van der Waals surface area (Å²) in [4.78, 5) is 15.2. The minimum Gasteiger partial charge on any atom is -0.325 e. The van der Waals surface area contributed by atoms with Crippen LogP contribution in [-0.4, -0.2) is 23.9 Å². The van der Waals surface area contributed by atoms with Crippen molar-refractivity contribution in [2.45, 2.75) is 40.2 Å². The largest absolute Gasteiger partial charge is 0.325 e. The molecule has 3 nitrogen and oxygen atoms in total. The molecule has 0 radical (unpaired) electrons. The summed E-state index contributed by atoms with van der Waals surface area (Å²) in [6.07, 6.45) is 1.93. The van der Waals surface area contributed by atoms with Crippen molar-refractivity contribution in [2.75, 3.05) is 18.4 Å². The van der Waals surface area contributed by atoms with Crippen LogP contribution in [0.1, 0.15) is 35.1 Å². The van der Waals surface area contributed by atoms with Crippen molar-refractivity contribution in [1.82, 2.24) is 4.90 Å². The number of likely N-dealkylation sites (tertiary alicyclic amines) is 1. The number of aryl methyl sites for hydroxylation is 3. The van der Waals surface area contributed by atoms with Gasteiger partial charge in [-0.2, -0.15) is 0 Å². The van der Waals surface area contributed by atoms with E-state index in [1.807, 2.05) is 26.0 Å². The maximum atomic E-state index is 12.9. The van der Waals surface area contributed by atoms with Crippen LogP contribution in [-0.2, 0) is 11.3 Å². The van der Waals surface area contributed by atoms with Crippen LogP contribution < -0.4 is 5.32 Å². The van der Waals surface area contributed by atoms with E-state index in [2.05, 4.69) is 29.3 Å². The third-order valence-corrected chi connectivity index (χ3v) is 5.80. The zero-order chi connectivity index (χ0) is 19.6. The summed E-state index contributed by atoms with van der Waals surface area (Å²) >= 11 is 12.3. The Labute approximate surface area is 171 Å². The van der Waals surface area contributed by atoms with E-state index in [-0.39, 0.29) is 11.8 Å². The first kappa shape index (κ1) is 20.2. The van der Waals surface area contributed by atoms with Gasteiger partial charge in [-0.25, -0.2) is 0 Å². The highest BCUT2D eigenvalue weighted by Gasteiger charge is 2.26. The van der Waals surface area contributed by atoms with Gasteiger partial charge in [0, 0.05) is 28.8 Å². The van der Waals surface area contributed by atoms with Crippen LogP contribution in [0.2, 0.25) is 10.0 Å². The molecule has 1 N–H and O–H groups in total. The van der Waals surface area contributed by atoms with E-state index in [0.717, 1.165) is 54.9 Å². The second kappa shape index (κ2) is 8.64. The molecule has 1 saturated heterocycles. The Balaban J connectivity index is 1.66. The van der Waals surface area contributed by atoms with Crippen LogP contribution in [0, 0.1) is 26.7 Å². The molecule has 1 heterocycles. The number of rotatable bonds is 4. The number of carbonyl (C=O) groups is 1. The average molecular weight is 405 g/mol. The third kappa shape index (κ3) is 5.04. The molecule has 27 heavy (non-hydrogen) atoms. The molecule has 1 unspecified atom stereocenters. The first-order chi connectivity index (χ1) is 12.8. The van der Waals surface area contributed by atoms with E-state index in [4.69, 9.17) is 23.2 Å². The summed E-state index contributed by atoms with van der Waals surface area (Å²) in [5.41, 5.74) is 5.44. The van der Waals surface area contributed by atoms with E-state index < -0.39 is 0 Å². The highest BCUT2D eigenvalue weighted by atomic mass is 35.5. The van der Waals surface area contributed by atoms with Crippen molar-refractivity contribution in [1.29, 1.82) is 0 Å². The number of nitrogens with one attached hydrogen (secondary N) is 1. The fourth-order valence-corrected chi connectivity index (χ4v) is 4.37. The minimum absolute atomic E-state index is 0.00933. The van der Waals surface area contributed by atoms with E-state index in [1.54, 1.807) is 6.07 Å². The maximum absolute atomic E-state index is 12.9. The summed E-state index contributed by atoms with van der Waals surface area (Å²) < 4.78 is 0. The number of halogens is 2. The fraction of sp³-hybridized carbons (Fsp3) is 0.409. The zero-order valence-corrected chi connectivity index (χ0v) is 17.6. The van der Waals surface area contributed by atoms with Crippen LogP contribution >= 0.6 is 23.2 Å². The Morgan fingerprint density at radius 1 is 1.15 bits per heavy atom. The summed E-state index contributed by atoms with van der Waals surface area (Å²) in [5, 5.41) is 4.49. The van der Waals surface area contributed by atoms with Gasteiger partial charge < -0.3 is 5.32 Å². The Morgan fingerprint density at radius 2 is 1.85 bits per heavy atom. The smallest absolute Gasteiger partial charge is 0.228 e. The lowest BCUT2D eigenvalue weighted by molar-refractivity contribution is -0.121. The van der Waals surface area contributed by atoms with Crippen LogP contribution in [0.25, 0.3) is 0 Å². The molecule has 1 amide bonds. The second-order valence-electron chi connectivity index (χ2n) is 7.57. The molecular formula is C22H26Cl2N2O. The van der Waals surface area contributed by atoms with Gasteiger partial charge in [-0.3, -0.25) is 9.69 Å². The van der Waals surface area contributed by atoms with Gasteiger partial charge >= 0.3 is 0 Å². The molecule has 5 heteroatoms. The number of piperidine rings is 1. The lowest BCUT2D eigenvalue weighted by atomic mass is 9.96. The van der Waals surface area contributed by atoms with Crippen molar-refractivity contribution in [2.24, 2.45) is 5.92 Å². The van der Waals surface area contributed by atoms with Gasteiger partial charge in [0.15, 0.2) is 0 Å². The molecule has 0 bridgehead atoms. The molecule has 1 fully saturated rings. The molecule has 0 aliphatic carbocycles. The number of nitrogens with zero attached hydrogens (tertiary/aromatic N) is 1. The Hall–Kier alpha value is -1.55. The predicted octanol–water partition coefficient (Wildman–Crippen LogP) is 5.77. The van der Waals surface area contributed by atoms with Gasteiger partial charge in [-0.15, -0.1) is 0 Å². The second-order valence-corrected chi connectivity index (χ2v) is 8.42. The standard InChI is InChI=1S/C22H26Cl2N2O/c1-14-9-15(2)21(16(3)10-14)25-22(27)18-5-4-8-26(13-18)12-17-6-7-19(23)11-20(17)24/h6-7,9-11,18H,4-5,8,12-13H2,1-3H3,(H,25,27). The van der Waals surface area contributed by atoms with Crippen LogP contribution in [0.15, 0.2) is 30.3 Å². The van der Waals surface area contributed by atoms with Crippen molar-refractivity contribution in [3.8, 4) is 0 Å². The number of amides is 1. The Kier molecular flexibility index (Phi) is 6.46. The monoisotopic (exact) mass is 404 g/mol. The molecule has 1 aliphatic heterocycles. The Bertz CT molecular complexity index is 827. The molecule has 1 aliphatic rings. The summed E-state index contributed by atoms with van der Waals surface area (Å²) in [7, 11) is 0. The fourth-order valence-electron chi connectivity index (χ4n) is 3.91. The predicted molar refractivity (Wildman–Crippen MR) is 114 cm³/mol. The molecule has 0 saturated carbocycles. The SMILES string of the molecule is Cc1cc(C)c(NC(=O)C2CCCN(Cc3ccc(Cl)cc3Cl)C2)c(C)c1. The number of carbonyl (C=O) groups excluding carboxylic acids is 1. The summed E-state index contributed by atoms with van der Waals surface area (Å²) in [5.74, 6) is 0.0990. The molecule has 144 valence electrons. The third-order valence-electron chi connectivity index (χ3n) is 5.21. The highest BCUT2D eigenvalue weighted by Crippen LogP contribution is 2.27. The molecule has 2 aromatic rings. The van der Waals surface area contributed by atoms with Crippen molar-refractivity contribution in [3.05, 3.63) is 62.6 Å². The van der Waals surface area contributed by atoms with Gasteiger partial charge in [0.2, 0.25) is 5.91 Å². The summed E-state index contributed by atoms with van der Waals surface area (Å²) in [6, 6.07) is 9.82. The van der Waals surface area contributed by atoms with Crippen molar-refractivity contribution >= 4 is 34.8 Å². The van der Waals surface area contributed by atoms with Crippen molar-refractivity contribution in [3.63, 3.8) is 0 Å². The van der Waals surface area contributed by atoms with Gasteiger partial charge in [-0.1, -0.05) is 47.0 Å². The molecule has 0 spiro atoms. The number of hydrogen-bond acceptors (Lipinski definition) is 2. The topological polar surface area (TPSA) is 32.3 Å². The Morgan fingerprint density at radius 3 is 2.52 bits per heavy atom. The van der Waals surface area contributed by atoms with Gasteiger partial charge in [-0.05, 0) is 69.0 Å². The number of benzene rings is 2. The quantitative estimate of drug-likeness (QED) is 0.701. The normalized spacial score (nSPS) is 17.7. The van der Waals surface area contributed by atoms with E-state index >= 15 is 0 Å². The average Bonchev–Trinajstić information content (AvgIpc) is 2.60. The summed E-state index contributed by atoms with van der Waals surface area (Å²) in [6.45, 7) is 8.63. The minimum atomic E-state index is -0.00933. The molecule has 3 rings (SSSR count).